The minimum atomic E-state index is -0.575. The average molecular weight is 182 g/mol. The summed E-state index contributed by atoms with van der Waals surface area (Å²) >= 11 is 0. The molecule has 0 radical (unpaired) electrons. The summed E-state index contributed by atoms with van der Waals surface area (Å²) in [6.07, 6.45) is 6.53. The van der Waals surface area contributed by atoms with Gasteiger partial charge in [0.25, 0.3) is 0 Å². The van der Waals surface area contributed by atoms with Crippen LogP contribution in [0.5, 0.6) is 0 Å². The zero-order valence-corrected chi connectivity index (χ0v) is 7.79. The molecule has 2 saturated heterocycles. The number of carbonyl (C=O) groups is 1. The summed E-state index contributed by atoms with van der Waals surface area (Å²) in [5, 5.41) is 0. The van der Waals surface area contributed by atoms with E-state index in [9.17, 15) is 4.79 Å². The first kappa shape index (κ1) is 8.91. The van der Waals surface area contributed by atoms with E-state index in [2.05, 4.69) is 0 Å². The second-order valence-corrected chi connectivity index (χ2v) is 3.67. The first-order valence-corrected chi connectivity index (χ1v) is 4.72. The smallest absolute Gasteiger partial charge is 0.188 e. The zero-order valence-electron chi connectivity index (χ0n) is 7.79. The summed E-state index contributed by atoms with van der Waals surface area (Å²) in [5.41, 5.74) is 0. The molecule has 0 aliphatic carbocycles. The molecule has 0 saturated carbocycles. The number of hydrogen-bond donors (Lipinski definition) is 0. The molecule has 2 bridgehead atoms. The largest absolute Gasteiger partial charge is 0.346 e. The summed E-state index contributed by atoms with van der Waals surface area (Å²) in [7, 11) is 0. The van der Waals surface area contributed by atoms with Crippen molar-refractivity contribution in [3.05, 3.63) is 12.2 Å². The molecule has 0 amide bonds. The van der Waals surface area contributed by atoms with Crippen LogP contribution in [0.2, 0.25) is 0 Å². The van der Waals surface area contributed by atoms with Gasteiger partial charge in [0.2, 0.25) is 0 Å². The molecule has 13 heavy (non-hydrogen) atoms. The van der Waals surface area contributed by atoms with Crippen molar-refractivity contribution in [3.8, 4) is 0 Å². The SMILES string of the molecule is CC(=O)/C=C/C12CCC(CCO1)O2. The average Bonchev–Trinajstić information content (AvgIpc) is 2.40. The van der Waals surface area contributed by atoms with Gasteiger partial charge < -0.3 is 9.47 Å². The normalized spacial score (nSPS) is 38.4. The number of rotatable bonds is 2. The van der Waals surface area contributed by atoms with E-state index in [4.69, 9.17) is 9.47 Å². The third kappa shape index (κ3) is 1.81. The number of ether oxygens (including phenoxy) is 2. The highest BCUT2D eigenvalue weighted by Crippen LogP contribution is 2.38. The maximum absolute atomic E-state index is 10.8. The summed E-state index contributed by atoms with van der Waals surface area (Å²) in [6.45, 7) is 2.27. The van der Waals surface area contributed by atoms with Crippen LogP contribution in [0.4, 0.5) is 0 Å². The molecule has 0 aromatic carbocycles. The molecular formula is C10H14O3. The molecule has 0 N–H and O–H groups in total. The van der Waals surface area contributed by atoms with E-state index >= 15 is 0 Å². The second kappa shape index (κ2) is 3.24. The van der Waals surface area contributed by atoms with Gasteiger partial charge in [-0.1, -0.05) is 0 Å². The fraction of sp³-hybridized carbons (Fsp3) is 0.700. The molecule has 2 aliphatic rings. The molecule has 2 unspecified atom stereocenters. The molecule has 2 heterocycles. The number of ketones is 1. The predicted molar refractivity (Wildman–Crippen MR) is 47.2 cm³/mol. The van der Waals surface area contributed by atoms with Crippen LogP contribution in [-0.4, -0.2) is 24.3 Å². The Hall–Kier alpha value is -0.670. The van der Waals surface area contributed by atoms with Crippen LogP contribution in [0, 0.1) is 0 Å². The molecule has 2 rings (SSSR count). The first-order chi connectivity index (χ1) is 6.20. The maximum atomic E-state index is 10.8. The molecule has 0 aromatic heterocycles. The van der Waals surface area contributed by atoms with Gasteiger partial charge in [0, 0.05) is 6.42 Å². The van der Waals surface area contributed by atoms with Gasteiger partial charge in [-0.05, 0) is 31.9 Å². The third-order valence-corrected chi connectivity index (χ3v) is 2.54. The van der Waals surface area contributed by atoms with E-state index in [0.717, 1.165) is 25.9 Å². The van der Waals surface area contributed by atoms with Crippen LogP contribution in [0.15, 0.2) is 12.2 Å². The van der Waals surface area contributed by atoms with E-state index in [1.54, 1.807) is 6.08 Å². The fourth-order valence-electron chi connectivity index (χ4n) is 1.85. The standard InChI is InChI=1S/C10H14O3/c1-8(11)2-5-10-6-3-9(13-10)4-7-12-10/h2,5,9H,3-4,6-7H2,1H3/b5-2+. The van der Waals surface area contributed by atoms with Crippen LogP contribution >= 0.6 is 0 Å². The predicted octanol–water partition coefficient (Wildman–Crippen LogP) is 1.43. The van der Waals surface area contributed by atoms with Gasteiger partial charge in [-0.25, -0.2) is 0 Å². The van der Waals surface area contributed by atoms with Crippen molar-refractivity contribution >= 4 is 5.78 Å². The van der Waals surface area contributed by atoms with Crippen molar-refractivity contribution in [1.82, 2.24) is 0 Å². The summed E-state index contributed by atoms with van der Waals surface area (Å²) < 4.78 is 11.2. The number of allylic oxidation sites excluding steroid dienone is 1. The van der Waals surface area contributed by atoms with E-state index in [-0.39, 0.29) is 5.78 Å². The van der Waals surface area contributed by atoms with Crippen LogP contribution in [-0.2, 0) is 14.3 Å². The Bertz CT molecular complexity index is 243. The van der Waals surface area contributed by atoms with E-state index < -0.39 is 5.79 Å². The lowest BCUT2D eigenvalue weighted by atomic mass is 10.1. The van der Waals surface area contributed by atoms with E-state index in [1.165, 1.54) is 13.0 Å². The Morgan fingerprint density at radius 3 is 3.15 bits per heavy atom. The van der Waals surface area contributed by atoms with Gasteiger partial charge in [-0.15, -0.1) is 0 Å². The molecule has 0 aromatic rings. The molecule has 2 aliphatic heterocycles. The maximum Gasteiger partial charge on any atom is 0.188 e. The monoisotopic (exact) mass is 182 g/mol. The first-order valence-electron chi connectivity index (χ1n) is 4.72. The summed E-state index contributed by atoms with van der Waals surface area (Å²) in [6, 6.07) is 0. The van der Waals surface area contributed by atoms with Crippen LogP contribution in [0.25, 0.3) is 0 Å². The highest BCUT2D eigenvalue weighted by atomic mass is 16.7. The van der Waals surface area contributed by atoms with Gasteiger partial charge in [0.15, 0.2) is 11.6 Å². The Morgan fingerprint density at radius 2 is 2.38 bits per heavy atom. The molecule has 3 nitrogen and oxygen atoms in total. The van der Waals surface area contributed by atoms with Gasteiger partial charge in [-0.3, -0.25) is 4.79 Å². The van der Waals surface area contributed by atoms with Crippen LogP contribution in [0.3, 0.4) is 0 Å². The van der Waals surface area contributed by atoms with Crippen molar-refractivity contribution in [2.45, 2.75) is 38.1 Å². The lowest BCUT2D eigenvalue weighted by Crippen LogP contribution is -2.35. The molecule has 3 heteroatoms. The highest BCUT2D eigenvalue weighted by molar-refractivity contribution is 5.87. The second-order valence-electron chi connectivity index (χ2n) is 3.67. The Kier molecular flexibility index (Phi) is 2.22. The van der Waals surface area contributed by atoms with Gasteiger partial charge >= 0.3 is 0 Å². The number of carbonyl (C=O) groups excluding carboxylic acids is 1. The van der Waals surface area contributed by atoms with Crippen LogP contribution in [0.1, 0.15) is 26.2 Å². The van der Waals surface area contributed by atoms with E-state index in [0.29, 0.717) is 6.10 Å². The minimum Gasteiger partial charge on any atom is -0.346 e. The van der Waals surface area contributed by atoms with Crippen molar-refractivity contribution in [1.29, 1.82) is 0 Å². The molecular weight excluding hydrogens is 168 g/mol. The number of fused-ring (bicyclic) bond motifs is 2. The lowest BCUT2D eigenvalue weighted by Gasteiger charge is -2.30. The van der Waals surface area contributed by atoms with Crippen molar-refractivity contribution in [2.75, 3.05) is 6.61 Å². The molecule has 72 valence electrons. The Morgan fingerprint density at radius 1 is 1.54 bits per heavy atom. The van der Waals surface area contributed by atoms with Crippen molar-refractivity contribution in [3.63, 3.8) is 0 Å². The summed E-state index contributed by atoms with van der Waals surface area (Å²) in [5.74, 6) is -0.537. The van der Waals surface area contributed by atoms with E-state index in [1.807, 2.05) is 0 Å². The molecule has 2 fully saturated rings. The third-order valence-electron chi connectivity index (χ3n) is 2.54. The minimum absolute atomic E-state index is 0.0376. The number of hydrogen-bond acceptors (Lipinski definition) is 3. The van der Waals surface area contributed by atoms with Gasteiger partial charge in [-0.2, -0.15) is 0 Å². The lowest BCUT2D eigenvalue weighted by molar-refractivity contribution is -0.228. The highest BCUT2D eigenvalue weighted by Gasteiger charge is 2.42. The summed E-state index contributed by atoms with van der Waals surface area (Å²) in [4.78, 5) is 10.8. The zero-order chi connectivity index (χ0) is 9.31. The van der Waals surface area contributed by atoms with Crippen LogP contribution < -0.4 is 0 Å². The quantitative estimate of drug-likeness (QED) is 0.606. The fourth-order valence-corrected chi connectivity index (χ4v) is 1.85. The molecule has 0 spiro atoms. The topological polar surface area (TPSA) is 35.5 Å². The van der Waals surface area contributed by atoms with Crippen molar-refractivity contribution < 1.29 is 14.3 Å². The Labute approximate surface area is 77.7 Å². The Balaban J connectivity index is 2.07. The van der Waals surface area contributed by atoms with Crippen molar-refractivity contribution in [2.24, 2.45) is 0 Å². The molecule has 2 atom stereocenters. The van der Waals surface area contributed by atoms with Gasteiger partial charge in [0.05, 0.1) is 12.7 Å². The van der Waals surface area contributed by atoms with Gasteiger partial charge in [0.1, 0.15) is 0 Å².